The number of nitrogens with zero attached hydrogens (tertiary/aromatic N) is 2. The first kappa shape index (κ1) is 18.0. The maximum absolute atomic E-state index is 5.85. The molecule has 0 aliphatic carbocycles. The van der Waals surface area contributed by atoms with Crippen LogP contribution in [0.25, 0.3) is 11.0 Å². The average Bonchev–Trinajstić information content (AvgIpc) is 2.82. The second-order valence-corrected chi connectivity index (χ2v) is 14.2. The second-order valence-electron chi connectivity index (χ2n) is 6.67. The van der Waals surface area contributed by atoms with Crippen LogP contribution in [-0.4, -0.2) is 30.0 Å². The van der Waals surface area contributed by atoms with Crippen molar-refractivity contribution in [1.29, 1.82) is 0 Å². The first-order valence-corrected chi connectivity index (χ1v) is 13.3. The average molecular weight is 401 g/mol. The van der Waals surface area contributed by atoms with Crippen molar-refractivity contribution >= 4 is 46.8 Å². The molecule has 0 aromatic carbocycles. The van der Waals surface area contributed by atoms with Crippen LogP contribution in [0.4, 0.5) is 0 Å². The Morgan fingerprint density at radius 1 is 1.36 bits per heavy atom. The largest absolute Gasteiger partial charge is 0.361 e. The Labute approximate surface area is 147 Å². The van der Waals surface area contributed by atoms with Crippen molar-refractivity contribution in [2.45, 2.75) is 50.8 Å². The first-order chi connectivity index (χ1) is 10.4. The van der Waals surface area contributed by atoms with Crippen LogP contribution in [0.3, 0.4) is 0 Å². The Morgan fingerprint density at radius 3 is 2.82 bits per heavy atom. The van der Waals surface area contributed by atoms with Crippen LogP contribution in [0.5, 0.6) is 0 Å². The molecule has 0 amide bonds. The lowest BCUT2D eigenvalue weighted by Gasteiger charge is -2.15. The maximum Gasteiger partial charge on any atom is 0.143 e. The van der Waals surface area contributed by atoms with Gasteiger partial charge in [-0.1, -0.05) is 26.6 Å². The highest BCUT2D eigenvalue weighted by Crippen LogP contribution is 2.29. The molecule has 0 bridgehead atoms. The van der Waals surface area contributed by atoms with Crippen LogP contribution in [0.2, 0.25) is 25.7 Å². The van der Waals surface area contributed by atoms with Crippen LogP contribution in [0.1, 0.15) is 13.3 Å². The summed E-state index contributed by atoms with van der Waals surface area (Å²) < 4.78 is 9.03. The van der Waals surface area contributed by atoms with Gasteiger partial charge in [0.05, 0.1) is 4.47 Å². The fourth-order valence-corrected chi connectivity index (χ4v) is 4.20. The van der Waals surface area contributed by atoms with Crippen LogP contribution < -0.4 is 0 Å². The smallest absolute Gasteiger partial charge is 0.143 e. The molecule has 2 heterocycles. The Bertz CT molecular complexity index is 624. The number of hydrogen-bond donors (Lipinski definition) is 0. The van der Waals surface area contributed by atoms with E-state index in [1.54, 1.807) is 11.8 Å². The minimum Gasteiger partial charge on any atom is -0.361 e. The van der Waals surface area contributed by atoms with Crippen molar-refractivity contribution in [3.05, 3.63) is 22.8 Å². The van der Waals surface area contributed by atoms with Crippen molar-refractivity contribution in [3.8, 4) is 0 Å². The molecule has 122 valence electrons. The summed E-state index contributed by atoms with van der Waals surface area (Å²) in [6.45, 7) is 10.7. The van der Waals surface area contributed by atoms with E-state index < -0.39 is 8.07 Å². The van der Waals surface area contributed by atoms with Crippen molar-refractivity contribution in [1.82, 2.24) is 9.55 Å². The van der Waals surface area contributed by atoms with Gasteiger partial charge in [-0.3, -0.25) is 0 Å². The van der Waals surface area contributed by atoms with Gasteiger partial charge in [0.25, 0.3) is 0 Å². The zero-order valence-corrected chi connectivity index (χ0v) is 17.3. The first-order valence-electron chi connectivity index (χ1n) is 7.76. The molecular formula is C16H25BrN2OSSi. The fraction of sp³-hybridized carbons (Fsp3) is 0.562. The van der Waals surface area contributed by atoms with Crippen LogP contribution >= 0.6 is 27.7 Å². The minimum atomic E-state index is -1.02. The normalized spacial score (nSPS) is 12.2. The van der Waals surface area contributed by atoms with Gasteiger partial charge in [0, 0.05) is 26.3 Å². The van der Waals surface area contributed by atoms with E-state index in [9.17, 15) is 0 Å². The zero-order valence-electron chi connectivity index (χ0n) is 13.9. The lowest BCUT2D eigenvalue weighted by Crippen LogP contribution is -2.22. The molecule has 0 atom stereocenters. The molecule has 0 aliphatic rings. The number of ether oxygens (including phenoxy) is 1. The summed E-state index contributed by atoms with van der Waals surface area (Å²) in [6.07, 6.45) is 3.21. The lowest BCUT2D eigenvalue weighted by atomic mass is 10.3. The summed E-state index contributed by atoms with van der Waals surface area (Å²) >= 11 is 5.42. The number of halogens is 1. The van der Waals surface area contributed by atoms with Crippen molar-refractivity contribution in [3.63, 3.8) is 0 Å². The van der Waals surface area contributed by atoms with E-state index >= 15 is 0 Å². The molecule has 0 fully saturated rings. The van der Waals surface area contributed by atoms with E-state index in [2.05, 4.69) is 65.4 Å². The van der Waals surface area contributed by atoms with Crippen LogP contribution in [0.15, 0.2) is 27.8 Å². The Kier molecular flexibility index (Phi) is 6.55. The minimum absolute atomic E-state index is 0.584. The lowest BCUT2D eigenvalue weighted by molar-refractivity contribution is 0.0898. The summed E-state index contributed by atoms with van der Waals surface area (Å²) in [4.78, 5) is 4.81. The van der Waals surface area contributed by atoms with E-state index in [4.69, 9.17) is 9.72 Å². The third kappa shape index (κ3) is 5.11. The van der Waals surface area contributed by atoms with Gasteiger partial charge in [-0.05, 0) is 46.3 Å². The summed E-state index contributed by atoms with van der Waals surface area (Å²) in [6, 6.07) is 5.45. The molecule has 22 heavy (non-hydrogen) atoms. The van der Waals surface area contributed by atoms with E-state index in [0.29, 0.717) is 6.73 Å². The fourth-order valence-electron chi connectivity index (χ4n) is 2.02. The molecule has 3 nitrogen and oxygen atoms in total. The molecule has 6 heteroatoms. The van der Waals surface area contributed by atoms with E-state index in [1.807, 2.05) is 0 Å². The number of rotatable bonds is 8. The number of fused-ring (bicyclic) bond motifs is 1. The quantitative estimate of drug-likeness (QED) is 0.327. The molecule has 2 aromatic heterocycles. The van der Waals surface area contributed by atoms with Crippen molar-refractivity contribution in [2.24, 2.45) is 0 Å². The predicted molar refractivity (Wildman–Crippen MR) is 103 cm³/mol. The monoisotopic (exact) mass is 400 g/mol. The third-order valence-corrected chi connectivity index (χ3v) is 7.10. The Hall–Kier alpha value is -0.303. The van der Waals surface area contributed by atoms with E-state index in [1.165, 1.54) is 6.04 Å². The van der Waals surface area contributed by atoms with Gasteiger partial charge < -0.3 is 9.30 Å². The molecular weight excluding hydrogens is 376 g/mol. The third-order valence-electron chi connectivity index (χ3n) is 3.33. The highest BCUT2D eigenvalue weighted by Gasteiger charge is 2.13. The van der Waals surface area contributed by atoms with Gasteiger partial charge in [0.15, 0.2) is 0 Å². The predicted octanol–water partition coefficient (Wildman–Crippen LogP) is 5.61. The highest BCUT2D eigenvalue weighted by atomic mass is 79.9. The number of aromatic nitrogens is 2. The van der Waals surface area contributed by atoms with Gasteiger partial charge in [0.1, 0.15) is 17.4 Å². The summed E-state index contributed by atoms with van der Waals surface area (Å²) in [5.41, 5.74) is 1.01. The summed E-state index contributed by atoms with van der Waals surface area (Å²) in [5.74, 6) is 1.09. The number of hydrogen-bond acceptors (Lipinski definition) is 3. The maximum atomic E-state index is 5.85. The molecule has 2 aromatic rings. The van der Waals surface area contributed by atoms with Gasteiger partial charge in [0.2, 0.25) is 0 Å². The number of pyridine rings is 1. The molecule has 0 radical (unpaired) electrons. The van der Waals surface area contributed by atoms with E-state index in [0.717, 1.165) is 39.3 Å². The SMILES string of the molecule is CCCSc1nc2c(ccn2COCC[Si](C)(C)C)cc1Br. The molecule has 0 saturated heterocycles. The van der Waals surface area contributed by atoms with Gasteiger partial charge in [-0.15, -0.1) is 11.8 Å². The molecule has 0 saturated carbocycles. The Morgan fingerprint density at radius 2 is 2.14 bits per heavy atom. The van der Waals surface area contributed by atoms with Crippen molar-refractivity contribution in [2.75, 3.05) is 12.4 Å². The summed E-state index contributed by atoms with van der Waals surface area (Å²) in [7, 11) is -1.02. The molecule has 0 spiro atoms. The standard InChI is InChI=1S/C16H25BrN2OSSi/c1-5-9-21-16-14(17)11-13-6-7-19(15(13)18-16)12-20-8-10-22(2,3)4/h6-7,11H,5,8-10,12H2,1-4H3. The Balaban J connectivity index is 2.07. The summed E-state index contributed by atoms with van der Waals surface area (Å²) in [5, 5.41) is 2.22. The van der Waals surface area contributed by atoms with Crippen LogP contribution in [0, 0.1) is 0 Å². The topological polar surface area (TPSA) is 27.1 Å². The molecule has 0 unspecified atom stereocenters. The van der Waals surface area contributed by atoms with Gasteiger partial charge in [-0.2, -0.15) is 0 Å². The van der Waals surface area contributed by atoms with E-state index in [-0.39, 0.29) is 0 Å². The van der Waals surface area contributed by atoms with Crippen LogP contribution in [-0.2, 0) is 11.5 Å². The highest BCUT2D eigenvalue weighted by molar-refractivity contribution is 9.10. The van der Waals surface area contributed by atoms with Crippen molar-refractivity contribution < 1.29 is 4.74 Å². The number of thioether (sulfide) groups is 1. The molecule has 0 aliphatic heterocycles. The molecule has 2 rings (SSSR count). The molecule has 0 N–H and O–H groups in total. The van der Waals surface area contributed by atoms with Gasteiger partial charge in [-0.25, -0.2) is 4.98 Å². The second kappa shape index (κ2) is 7.99. The zero-order chi connectivity index (χ0) is 16.2. The van der Waals surface area contributed by atoms with Gasteiger partial charge >= 0.3 is 0 Å².